The van der Waals surface area contributed by atoms with E-state index in [1.165, 1.54) is 44.9 Å². The topological polar surface area (TPSA) is 3.24 Å². The second kappa shape index (κ2) is 2.98. The summed E-state index contributed by atoms with van der Waals surface area (Å²) in [5, 5.41) is 0. The van der Waals surface area contributed by atoms with Crippen molar-refractivity contribution in [2.45, 2.75) is 70.0 Å². The van der Waals surface area contributed by atoms with Gasteiger partial charge in [0.15, 0.2) is 0 Å². The molecule has 0 saturated carbocycles. The first kappa shape index (κ1) is 8.28. The molecule has 0 N–H and O–H groups in total. The number of hydrogen-bond acceptors (Lipinski definition) is 1. The van der Waals surface area contributed by atoms with Gasteiger partial charge in [0.1, 0.15) is 0 Å². The highest BCUT2D eigenvalue weighted by Gasteiger charge is 2.43. The van der Waals surface area contributed by atoms with Crippen LogP contribution in [0.4, 0.5) is 0 Å². The molecule has 0 aromatic carbocycles. The number of hydrogen-bond donors (Lipinski definition) is 0. The van der Waals surface area contributed by atoms with E-state index in [0.717, 1.165) is 24.0 Å². The molecule has 3 aliphatic rings. The summed E-state index contributed by atoms with van der Waals surface area (Å²) in [4.78, 5) is 2.91. The molecule has 1 nitrogen and oxygen atoms in total. The van der Waals surface area contributed by atoms with Crippen LogP contribution in [0.2, 0.25) is 0 Å². The van der Waals surface area contributed by atoms with Crippen LogP contribution in [0.25, 0.3) is 0 Å². The Morgan fingerprint density at radius 2 is 1.46 bits per heavy atom. The summed E-state index contributed by atoms with van der Waals surface area (Å²) in [5.41, 5.74) is 0. The van der Waals surface area contributed by atoms with Crippen LogP contribution in [-0.4, -0.2) is 23.0 Å². The van der Waals surface area contributed by atoms with E-state index in [0.29, 0.717) is 0 Å². The summed E-state index contributed by atoms with van der Waals surface area (Å²) in [7, 11) is 0. The number of nitrogens with zero attached hydrogens (tertiary/aromatic N) is 1. The molecule has 13 heavy (non-hydrogen) atoms. The highest BCUT2D eigenvalue weighted by molar-refractivity contribution is 4.98. The Balaban J connectivity index is 1.83. The lowest BCUT2D eigenvalue weighted by molar-refractivity contribution is 0.0251. The summed E-state index contributed by atoms with van der Waals surface area (Å²) < 4.78 is 0. The van der Waals surface area contributed by atoms with Gasteiger partial charge in [-0.15, -0.1) is 0 Å². The molecule has 0 aromatic rings. The zero-order valence-corrected chi connectivity index (χ0v) is 8.71. The maximum absolute atomic E-state index is 2.91. The van der Waals surface area contributed by atoms with Crippen molar-refractivity contribution in [1.29, 1.82) is 0 Å². The second-order valence-electron chi connectivity index (χ2n) is 5.49. The Bertz CT molecular complexity index is 201. The Labute approximate surface area is 81.5 Å². The summed E-state index contributed by atoms with van der Waals surface area (Å²) in [6.45, 7) is 2.46. The average molecular weight is 179 g/mol. The van der Waals surface area contributed by atoms with E-state index in [1.807, 2.05) is 0 Å². The fourth-order valence-electron chi connectivity index (χ4n) is 4.11. The fraction of sp³-hybridized carbons (Fsp3) is 1.00. The monoisotopic (exact) mass is 179 g/mol. The first-order chi connectivity index (χ1) is 6.34. The molecule has 0 radical (unpaired) electrons. The lowest BCUT2D eigenvalue weighted by Crippen LogP contribution is -2.51. The number of rotatable bonds is 0. The molecule has 0 unspecified atom stereocenters. The molecule has 0 amide bonds. The first-order valence-corrected chi connectivity index (χ1v) is 6.12. The van der Waals surface area contributed by atoms with Crippen LogP contribution in [-0.2, 0) is 0 Å². The molecule has 3 heterocycles. The molecule has 4 atom stereocenters. The summed E-state index contributed by atoms with van der Waals surface area (Å²) >= 11 is 0. The maximum Gasteiger partial charge on any atom is 0.0104 e. The van der Waals surface area contributed by atoms with Crippen LogP contribution in [0.15, 0.2) is 0 Å². The van der Waals surface area contributed by atoms with Crippen LogP contribution < -0.4 is 0 Å². The largest absolute Gasteiger partial charge is 0.294 e. The normalized spacial score (nSPS) is 50.5. The van der Waals surface area contributed by atoms with Crippen molar-refractivity contribution in [3.05, 3.63) is 0 Å². The fourth-order valence-corrected chi connectivity index (χ4v) is 4.11. The van der Waals surface area contributed by atoms with Gasteiger partial charge in [0.25, 0.3) is 0 Å². The Morgan fingerprint density at radius 1 is 0.846 bits per heavy atom. The van der Waals surface area contributed by atoms with Crippen molar-refractivity contribution in [1.82, 2.24) is 4.90 Å². The van der Waals surface area contributed by atoms with Crippen LogP contribution in [0.3, 0.4) is 0 Å². The lowest BCUT2D eigenvalue weighted by atomic mass is 9.83. The summed E-state index contributed by atoms with van der Waals surface area (Å²) in [6, 6.07) is 2.96. The van der Waals surface area contributed by atoms with Crippen molar-refractivity contribution >= 4 is 0 Å². The third-order valence-electron chi connectivity index (χ3n) is 4.52. The minimum Gasteiger partial charge on any atom is -0.294 e. The van der Waals surface area contributed by atoms with Gasteiger partial charge in [0, 0.05) is 18.1 Å². The van der Waals surface area contributed by atoms with Crippen LogP contribution in [0.5, 0.6) is 0 Å². The molecule has 0 bridgehead atoms. The standard InChI is InChI=1S/C12H21N/c1-9-7-11-4-2-3-10-5-6-12(8-9)13(10)11/h9-12H,2-8H2,1H3/t9-,10-,11-,12+/m1/s1. The van der Waals surface area contributed by atoms with Crippen LogP contribution >= 0.6 is 0 Å². The van der Waals surface area contributed by atoms with Crippen molar-refractivity contribution in [2.24, 2.45) is 5.92 Å². The smallest absolute Gasteiger partial charge is 0.0104 e. The maximum atomic E-state index is 2.91. The quantitative estimate of drug-likeness (QED) is 0.552. The minimum atomic E-state index is 0.981. The van der Waals surface area contributed by atoms with Gasteiger partial charge >= 0.3 is 0 Å². The Morgan fingerprint density at radius 3 is 2.31 bits per heavy atom. The molecule has 0 spiro atoms. The molecule has 3 fully saturated rings. The van der Waals surface area contributed by atoms with E-state index in [-0.39, 0.29) is 0 Å². The molecular weight excluding hydrogens is 158 g/mol. The van der Waals surface area contributed by atoms with Gasteiger partial charge in [-0.1, -0.05) is 13.3 Å². The molecule has 1 heteroatoms. The average Bonchev–Trinajstić information content (AvgIpc) is 2.50. The SMILES string of the molecule is C[C@@H]1C[C@H]2CCC[C@@H]3CC[C@@H](C1)N32. The van der Waals surface area contributed by atoms with E-state index in [9.17, 15) is 0 Å². The third kappa shape index (κ3) is 1.24. The second-order valence-corrected chi connectivity index (χ2v) is 5.49. The molecule has 3 aliphatic heterocycles. The highest BCUT2D eigenvalue weighted by Crippen LogP contribution is 2.43. The highest BCUT2D eigenvalue weighted by atomic mass is 15.3. The molecular formula is C12H21N. The van der Waals surface area contributed by atoms with Crippen molar-refractivity contribution in [3.8, 4) is 0 Å². The van der Waals surface area contributed by atoms with E-state index in [2.05, 4.69) is 11.8 Å². The first-order valence-electron chi connectivity index (χ1n) is 6.12. The predicted molar refractivity (Wildman–Crippen MR) is 54.7 cm³/mol. The van der Waals surface area contributed by atoms with Crippen molar-refractivity contribution < 1.29 is 0 Å². The molecule has 3 saturated heterocycles. The van der Waals surface area contributed by atoms with Gasteiger partial charge in [-0.25, -0.2) is 0 Å². The van der Waals surface area contributed by atoms with Gasteiger partial charge < -0.3 is 0 Å². The van der Waals surface area contributed by atoms with Gasteiger partial charge in [0.2, 0.25) is 0 Å². The summed E-state index contributed by atoms with van der Waals surface area (Å²) in [6.07, 6.45) is 10.5. The van der Waals surface area contributed by atoms with Crippen LogP contribution in [0.1, 0.15) is 51.9 Å². The lowest BCUT2D eigenvalue weighted by Gasteiger charge is -2.46. The zero-order chi connectivity index (χ0) is 8.84. The third-order valence-corrected chi connectivity index (χ3v) is 4.52. The van der Waals surface area contributed by atoms with E-state index in [4.69, 9.17) is 0 Å². The number of piperidine rings is 2. The molecule has 0 aromatic heterocycles. The van der Waals surface area contributed by atoms with Crippen molar-refractivity contribution in [3.63, 3.8) is 0 Å². The van der Waals surface area contributed by atoms with Gasteiger partial charge in [-0.05, 0) is 44.4 Å². The minimum absolute atomic E-state index is 0.981. The predicted octanol–water partition coefficient (Wildman–Crippen LogP) is 2.80. The van der Waals surface area contributed by atoms with Crippen LogP contribution in [0, 0.1) is 5.92 Å². The van der Waals surface area contributed by atoms with Gasteiger partial charge in [-0.3, -0.25) is 4.90 Å². The van der Waals surface area contributed by atoms with Gasteiger partial charge in [-0.2, -0.15) is 0 Å². The molecule has 0 aliphatic carbocycles. The zero-order valence-electron chi connectivity index (χ0n) is 8.71. The van der Waals surface area contributed by atoms with E-state index < -0.39 is 0 Å². The summed E-state index contributed by atoms with van der Waals surface area (Å²) in [5.74, 6) is 1.00. The Hall–Kier alpha value is -0.0400. The van der Waals surface area contributed by atoms with E-state index in [1.54, 1.807) is 0 Å². The van der Waals surface area contributed by atoms with E-state index >= 15 is 0 Å². The Kier molecular flexibility index (Phi) is 1.90. The molecule has 74 valence electrons. The molecule has 3 rings (SSSR count). The van der Waals surface area contributed by atoms with Crippen molar-refractivity contribution in [2.75, 3.05) is 0 Å². The van der Waals surface area contributed by atoms with Gasteiger partial charge in [0.05, 0.1) is 0 Å².